The zero-order valence-corrected chi connectivity index (χ0v) is 9.77. The minimum atomic E-state index is -1.02. The van der Waals surface area contributed by atoms with E-state index in [4.69, 9.17) is 5.73 Å². The second-order valence-electron chi connectivity index (χ2n) is 4.04. The predicted molar refractivity (Wildman–Crippen MR) is 62.6 cm³/mol. The minimum Gasteiger partial charge on any atom is -0.388 e. The average Bonchev–Trinajstić information content (AvgIpc) is 2.66. The van der Waals surface area contributed by atoms with Gasteiger partial charge in [-0.1, -0.05) is 12.1 Å². The van der Waals surface area contributed by atoms with Gasteiger partial charge in [-0.05, 0) is 11.6 Å². The van der Waals surface area contributed by atoms with Crippen LogP contribution in [0.2, 0.25) is 0 Å². The predicted octanol–water partition coefficient (Wildman–Crippen LogP) is 1.56. The molecule has 0 saturated heterocycles. The van der Waals surface area contributed by atoms with E-state index in [1.165, 1.54) is 23.0 Å². The highest BCUT2D eigenvalue weighted by molar-refractivity contribution is 5.40. The van der Waals surface area contributed by atoms with Crippen molar-refractivity contribution in [1.29, 1.82) is 0 Å². The minimum absolute atomic E-state index is 0.0561. The Labute approximate surface area is 103 Å². The summed E-state index contributed by atoms with van der Waals surface area (Å²) in [4.78, 5) is 0. The number of hydrogen-bond donors (Lipinski definition) is 2. The van der Waals surface area contributed by atoms with Gasteiger partial charge >= 0.3 is 0 Å². The molecule has 0 radical (unpaired) electrons. The largest absolute Gasteiger partial charge is 0.388 e. The summed E-state index contributed by atoms with van der Waals surface area (Å²) in [6.45, 7) is 0. The van der Waals surface area contributed by atoms with Crippen molar-refractivity contribution >= 4 is 5.82 Å². The SMILES string of the molecule is Cn1ncc(C(O)Cc2cccc(F)c2F)c1N. The van der Waals surface area contributed by atoms with Gasteiger partial charge in [0.15, 0.2) is 11.6 Å². The van der Waals surface area contributed by atoms with E-state index in [0.717, 1.165) is 6.07 Å². The summed E-state index contributed by atoms with van der Waals surface area (Å²) in [6.07, 6.45) is 0.339. The summed E-state index contributed by atoms with van der Waals surface area (Å²) in [7, 11) is 1.63. The molecule has 3 N–H and O–H groups in total. The van der Waals surface area contributed by atoms with Crippen molar-refractivity contribution in [3.05, 3.63) is 47.2 Å². The maximum absolute atomic E-state index is 13.4. The summed E-state index contributed by atoms with van der Waals surface area (Å²) in [5.41, 5.74) is 6.20. The Morgan fingerprint density at radius 2 is 2.17 bits per heavy atom. The van der Waals surface area contributed by atoms with Crippen molar-refractivity contribution in [2.45, 2.75) is 12.5 Å². The van der Waals surface area contributed by atoms with Crippen LogP contribution in [0.4, 0.5) is 14.6 Å². The number of aryl methyl sites for hydroxylation is 1. The number of benzene rings is 1. The molecule has 2 rings (SSSR count). The van der Waals surface area contributed by atoms with E-state index in [1.54, 1.807) is 7.05 Å². The smallest absolute Gasteiger partial charge is 0.162 e. The van der Waals surface area contributed by atoms with E-state index in [2.05, 4.69) is 5.10 Å². The lowest BCUT2D eigenvalue weighted by Gasteiger charge is -2.11. The van der Waals surface area contributed by atoms with Gasteiger partial charge in [0, 0.05) is 19.0 Å². The first-order valence-electron chi connectivity index (χ1n) is 5.39. The van der Waals surface area contributed by atoms with Gasteiger partial charge in [-0.25, -0.2) is 8.78 Å². The molecule has 6 heteroatoms. The van der Waals surface area contributed by atoms with Gasteiger partial charge in [0.2, 0.25) is 0 Å². The summed E-state index contributed by atoms with van der Waals surface area (Å²) >= 11 is 0. The second-order valence-corrected chi connectivity index (χ2v) is 4.04. The monoisotopic (exact) mass is 253 g/mol. The van der Waals surface area contributed by atoms with E-state index >= 15 is 0 Å². The Hall–Kier alpha value is -1.95. The molecular weight excluding hydrogens is 240 g/mol. The van der Waals surface area contributed by atoms with Crippen molar-refractivity contribution in [3.8, 4) is 0 Å². The summed E-state index contributed by atoms with van der Waals surface area (Å²) in [5.74, 6) is -1.57. The topological polar surface area (TPSA) is 64.1 Å². The number of nitrogen functional groups attached to an aromatic ring is 1. The summed E-state index contributed by atoms with van der Waals surface area (Å²) in [6, 6.07) is 3.85. The van der Waals surface area contributed by atoms with Crippen LogP contribution in [0.1, 0.15) is 17.2 Å². The van der Waals surface area contributed by atoms with Gasteiger partial charge in [-0.15, -0.1) is 0 Å². The molecule has 1 aromatic heterocycles. The number of aliphatic hydroxyl groups excluding tert-OH is 1. The highest BCUT2D eigenvalue weighted by Gasteiger charge is 2.18. The van der Waals surface area contributed by atoms with Gasteiger partial charge in [-0.2, -0.15) is 5.10 Å². The van der Waals surface area contributed by atoms with Crippen molar-refractivity contribution in [1.82, 2.24) is 9.78 Å². The third-order valence-electron chi connectivity index (χ3n) is 2.82. The third kappa shape index (κ3) is 2.19. The first kappa shape index (κ1) is 12.5. The van der Waals surface area contributed by atoms with Crippen molar-refractivity contribution in [2.75, 3.05) is 5.73 Å². The highest BCUT2D eigenvalue weighted by atomic mass is 19.2. The Morgan fingerprint density at radius 3 is 2.78 bits per heavy atom. The average molecular weight is 253 g/mol. The maximum Gasteiger partial charge on any atom is 0.162 e. The number of rotatable bonds is 3. The summed E-state index contributed by atoms with van der Waals surface area (Å²) in [5, 5.41) is 13.8. The Balaban J connectivity index is 2.24. The third-order valence-corrected chi connectivity index (χ3v) is 2.82. The molecule has 96 valence electrons. The molecule has 0 bridgehead atoms. The molecule has 1 heterocycles. The lowest BCUT2D eigenvalue weighted by molar-refractivity contribution is 0.177. The van der Waals surface area contributed by atoms with Crippen LogP contribution < -0.4 is 5.73 Å². The van der Waals surface area contributed by atoms with Crippen molar-refractivity contribution < 1.29 is 13.9 Å². The van der Waals surface area contributed by atoms with Crippen molar-refractivity contribution in [3.63, 3.8) is 0 Å². The number of halogens is 2. The zero-order chi connectivity index (χ0) is 13.3. The van der Waals surface area contributed by atoms with Crippen LogP contribution >= 0.6 is 0 Å². The molecule has 0 spiro atoms. The molecule has 1 atom stereocenters. The van der Waals surface area contributed by atoms with E-state index in [1.807, 2.05) is 0 Å². The Morgan fingerprint density at radius 1 is 1.44 bits per heavy atom. The second kappa shape index (κ2) is 4.73. The summed E-state index contributed by atoms with van der Waals surface area (Å²) < 4.78 is 27.9. The van der Waals surface area contributed by atoms with E-state index < -0.39 is 17.7 Å². The molecule has 0 fully saturated rings. The number of hydrogen-bond acceptors (Lipinski definition) is 3. The molecule has 4 nitrogen and oxygen atoms in total. The molecule has 2 aromatic rings. The molecule has 0 aliphatic rings. The molecule has 1 unspecified atom stereocenters. The molecule has 0 amide bonds. The van der Waals surface area contributed by atoms with Crippen LogP contribution in [-0.4, -0.2) is 14.9 Å². The van der Waals surface area contributed by atoms with Gasteiger partial charge in [0.25, 0.3) is 0 Å². The Bertz CT molecular complexity index is 568. The van der Waals surface area contributed by atoms with E-state index in [0.29, 0.717) is 11.4 Å². The first-order chi connectivity index (χ1) is 8.50. The molecule has 0 saturated carbocycles. The highest BCUT2D eigenvalue weighted by Crippen LogP contribution is 2.24. The number of aliphatic hydroxyl groups is 1. The molecule has 1 aromatic carbocycles. The quantitative estimate of drug-likeness (QED) is 0.872. The number of anilines is 1. The Kier molecular flexibility index (Phi) is 3.29. The maximum atomic E-state index is 13.4. The van der Waals surface area contributed by atoms with E-state index in [-0.39, 0.29) is 12.0 Å². The normalized spacial score (nSPS) is 12.7. The molecule has 0 aliphatic heterocycles. The van der Waals surface area contributed by atoms with Crippen LogP contribution in [-0.2, 0) is 13.5 Å². The molecule has 18 heavy (non-hydrogen) atoms. The lowest BCUT2D eigenvalue weighted by Crippen LogP contribution is -2.07. The fourth-order valence-corrected chi connectivity index (χ4v) is 1.75. The van der Waals surface area contributed by atoms with Crippen LogP contribution in [0.15, 0.2) is 24.4 Å². The lowest BCUT2D eigenvalue weighted by atomic mass is 10.0. The van der Waals surface area contributed by atoms with Crippen LogP contribution in [0.3, 0.4) is 0 Å². The van der Waals surface area contributed by atoms with Gasteiger partial charge in [-0.3, -0.25) is 4.68 Å². The van der Waals surface area contributed by atoms with Gasteiger partial charge < -0.3 is 10.8 Å². The number of nitrogens with two attached hydrogens (primary N) is 1. The van der Waals surface area contributed by atoms with Crippen molar-refractivity contribution in [2.24, 2.45) is 7.05 Å². The molecular formula is C12H13F2N3O. The van der Waals surface area contributed by atoms with Crippen LogP contribution in [0, 0.1) is 11.6 Å². The fourth-order valence-electron chi connectivity index (χ4n) is 1.75. The molecule has 0 aliphatic carbocycles. The number of aromatic nitrogens is 2. The van der Waals surface area contributed by atoms with Crippen LogP contribution in [0.5, 0.6) is 0 Å². The first-order valence-corrected chi connectivity index (χ1v) is 5.39. The zero-order valence-electron chi connectivity index (χ0n) is 9.77. The van der Waals surface area contributed by atoms with Gasteiger partial charge in [0.1, 0.15) is 5.82 Å². The number of nitrogens with zero attached hydrogens (tertiary/aromatic N) is 2. The van der Waals surface area contributed by atoms with Crippen LogP contribution in [0.25, 0.3) is 0 Å². The van der Waals surface area contributed by atoms with Gasteiger partial charge in [0.05, 0.1) is 12.3 Å². The standard InChI is InChI=1S/C12H13F2N3O/c1-17-12(15)8(6-16-17)10(18)5-7-3-2-4-9(13)11(7)14/h2-4,6,10,18H,5,15H2,1H3. The van der Waals surface area contributed by atoms with E-state index in [9.17, 15) is 13.9 Å². The fraction of sp³-hybridized carbons (Fsp3) is 0.250.